The van der Waals surface area contributed by atoms with Crippen LogP contribution in [-0.2, 0) is 11.2 Å². The predicted molar refractivity (Wildman–Crippen MR) is 94.4 cm³/mol. The summed E-state index contributed by atoms with van der Waals surface area (Å²) >= 11 is 1.54. The van der Waals surface area contributed by atoms with E-state index in [9.17, 15) is 4.79 Å². The Morgan fingerprint density at radius 3 is 2.79 bits per heavy atom. The predicted octanol–water partition coefficient (Wildman–Crippen LogP) is 3.14. The fraction of sp³-hybridized carbons (Fsp3) is 0.235. The van der Waals surface area contributed by atoms with Gasteiger partial charge in [0.15, 0.2) is 5.82 Å². The molecule has 2 heterocycles. The number of nitrogens with one attached hydrogen (secondary N) is 1. The Balaban J connectivity index is 1.66. The minimum absolute atomic E-state index is 0.00998. The fourth-order valence-corrected chi connectivity index (χ4v) is 2.89. The molecular formula is C17H18N4O2S. The molecule has 0 spiro atoms. The highest BCUT2D eigenvalue weighted by atomic mass is 32.1. The number of hydrogen-bond donors (Lipinski definition) is 1. The van der Waals surface area contributed by atoms with Gasteiger partial charge in [-0.05, 0) is 36.2 Å². The second-order valence-electron chi connectivity index (χ2n) is 5.30. The topological polar surface area (TPSA) is 71.1 Å². The van der Waals surface area contributed by atoms with Crippen LogP contribution in [0.4, 0.5) is 5.82 Å². The molecule has 24 heavy (non-hydrogen) atoms. The molecule has 0 aliphatic carbocycles. The Morgan fingerprint density at radius 1 is 1.33 bits per heavy atom. The molecule has 0 aliphatic rings. The van der Waals surface area contributed by atoms with Crippen molar-refractivity contribution in [3.8, 4) is 17.0 Å². The van der Waals surface area contributed by atoms with E-state index in [2.05, 4.69) is 15.2 Å². The first kappa shape index (κ1) is 16.2. The third kappa shape index (κ3) is 3.62. The van der Waals surface area contributed by atoms with Crippen LogP contribution >= 0.6 is 11.3 Å². The van der Waals surface area contributed by atoms with E-state index in [1.807, 2.05) is 35.7 Å². The minimum Gasteiger partial charge on any atom is -0.497 e. The zero-order valence-electron chi connectivity index (χ0n) is 13.5. The Morgan fingerprint density at radius 2 is 2.12 bits per heavy atom. The standard InChI is InChI=1S/C17H18N4O2S/c1-21(17(22)8-5-13-10-24-11-18-13)16-9-15(19-20-16)12-3-6-14(23-2)7-4-12/h3-4,6-7,9-11H,5,8H2,1-2H3,(H,19,20). The van der Waals surface area contributed by atoms with Crippen LogP contribution in [0.5, 0.6) is 5.75 Å². The summed E-state index contributed by atoms with van der Waals surface area (Å²) < 4.78 is 5.15. The van der Waals surface area contributed by atoms with Crippen LogP contribution in [-0.4, -0.2) is 35.2 Å². The van der Waals surface area contributed by atoms with Crippen LogP contribution in [0.1, 0.15) is 12.1 Å². The monoisotopic (exact) mass is 342 g/mol. The Labute approximate surface area is 144 Å². The summed E-state index contributed by atoms with van der Waals surface area (Å²) in [5.74, 6) is 1.41. The Hall–Kier alpha value is -2.67. The first-order chi connectivity index (χ1) is 11.7. The van der Waals surface area contributed by atoms with Crippen LogP contribution in [0.3, 0.4) is 0 Å². The van der Waals surface area contributed by atoms with Gasteiger partial charge in [-0.25, -0.2) is 4.98 Å². The number of methoxy groups -OCH3 is 1. The molecule has 7 heteroatoms. The number of hydrogen-bond acceptors (Lipinski definition) is 5. The normalized spacial score (nSPS) is 10.6. The number of aromatic nitrogens is 3. The lowest BCUT2D eigenvalue weighted by Gasteiger charge is -2.13. The van der Waals surface area contributed by atoms with E-state index < -0.39 is 0 Å². The smallest absolute Gasteiger partial charge is 0.228 e. The van der Waals surface area contributed by atoms with Gasteiger partial charge in [0, 0.05) is 24.9 Å². The number of thiazole rings is 1. The highest BCUT2D eigenvalue weighted by molar-refractivity contribution is 7.07. The average Bonchev–Trinajstić information content (AvgIpc) is 3.30. The number of anilines is 1. The first-order valence-electron chi connectivity index (χ1n) is 7.51. The summed E-state index contributed by atoms with van der Waals surface area (Å²) in [6.07, 6.45) is 1.05. The van der Waals surface area contributed by atoms with Crippen molar-refractivity contribution in [3.63, 3.8) is 0 Å². The van der Waals surface area contributed by atoms with Crippen molar-refractivity contribution < 1.29 is 9.53 Å². The van der Waals surface area contributed by atoms with Crippen LogP contribution in [0.25, 0.3) is 11.3 Å². The maximum atomic E-state index is 12.3. The number of aryl methyl sites for hydroxylation is 1. The molecule has 3 rings (SSSR count). The lowest BCUT2D eigenvalue weighted by molar-refractivity contribution is -0.118. The molecule has 6 nitrogen and oxygen atoms in total. The minimum atomic E-state index is 0.00998. The zero-order valence-corrected chi connectivity index (χ0v) is 14.3. The third-order valence-corrected chi connectivity index (χ3v) is 4.40. The van der Waals surface area contributed by atoms with Gasteiger partial charge in [0.05, 0.1) is 24.0 Å². The molecule has 0 fully saturated rings. The van der Waals surface area contributed by atoms with Gasteiger partial charge in [-0.1, -0.05) is 0 Å². The van der Waals surface area contributed by atoms with Gasteiger partial charge in [-0.15, -0.1) is 11.3 Å². The van der Waals surface area contributed by atoms with Crippen molar-refractivity contribution in [2.75, 3.05) is 19.1 Å². The summed E-state index contributed by atoms with van der Waals surface area (Å²) in [6, 6.07) is 9.53. The van der Waals surface area contributed by atoms with Crippen LogP contribution in [0.15, 0.2) is 41.2 Å². The SMILES string of the molecule is COc1ccc(-c2cc(N(C)C(=O)CCc3cscn3)n[nH]2)cc1. The van der Waals surface area contributed by atoms with Crippen LogP contribution in [0.2, 0.25) is 0 Å². The van der Waals surface area contributed by atoms with E-state index in [1.165, 1.54) is 11.3 Å². The number of rotatable bonds is 6. The fourth-order valence-electron chi connectivity index (χ4n) is 2.29. The number of amides is 1. The lowest BCUT2D eigenvalue weighted by atomic mass is 10.1. The van der Waals surface area contributed by atoms with E-state index in [1.54, 1.807) is 24.6 Å². The number of ether oxygens (including phenoxy) is 1. The van der Waals surface area contributed by atoms with Gasteiger partial charge in [0.25, 0.3) is 0 Å². The summed E-state index contributed by atoms with van der Waals surface area (Å²) in [6.45, 7) is 0. The molecule has 2 aromatic heterocycles. The summed E-state index contributed by atoms with van der Waals surface area (Å²) in [7, 11) is 3.37. The van der Waals surface area contributed by atoms with Crippen LogP contribution in [0, 0.1) is 0 Å². The largest absolute Gasteiger partial charge is 0.497 e. The Bertz CT molecular complexity index is 796. The number of carbonyl (C=O) groups is 1. The molecule has 1 aromatic carbocycles. The molecule has 1 N–H and O–H groups in total. The number of benzene rings is 1. The van der Waals surface area contributed by atoms with E-state index in [-0.39, 0.29) is 5.91 Å². The van der Waals surface area contributed by atoms with E-state index in [4.69, 9.17) is 4.74 Å². The van der Waals surface area contributed by atoms with Crippen LogP contribution < -0.4 is 9.64 Å². The molecule has 0 unspecified atom stereocenters. The van der Waals surface area contributed by atoms with Crippen molar-refractivity contribution >= 4 is 23.1 Å². The van der Waals surface area contributed by atoms with E-state index in [0.717, 1.165) is 22.7 Å². The van der Waals surface area contributed by atoms with Gasteiger partial charge in [-0.2, -0.15) is 5.10 Å². The molecule has 124 valence electrons. The molecule has 3 aromatic rings. The molecule has 0 radical (unpaired) electrons. The molecule has 0 saturated carbocycles. The quantitative estimate of drug-likeness (QED) is 0.747. The molecule has 0 saturated heterocycles. The van der Waals surface area contributed by atoms with Gasteiger partial charge in [0.1, 0.15) is 5.75 Å². The molecule has 0 aliphatic heterocycles. The van der Waals surface area contributed by atoms with Crippen molar-refractivity contribution in [1.82, 2.24) is 15.2 Å². The van der Waals surface area contributed by atoms with Gasteiger partial charge in [0.2, 0.25) is 5.91 Å². The maximum Gasteiger partial charge on any atom is 0.228 e. The van der Waals surface area contributed by atoms with Gasteiger partial charge < -0.3 is 4.74 Å². The molecule has 1 amide bonds. The highest BCUT2D eigenvalue weighted by Gasteiger charge is 2.15. The van der Waals surface area contributed by atoms with Crippen molar-refractivity contribution in [2.45, 2.75) is 12.8 Å². The number of nitrogens with zero attached hydrogens (tertiary/aromatic N) is 3. The summed E-state index contributed by atoms with van der Waals surface area (Å²) in [4.78, 5) is 18.1. The van der Waals surface area contributed by atoms with E-state index in [0.29, 0.717) is 18.7 Å². The summed E-state index contributed by atoms with van der Waals surface area (Å²) in [5.41, 5.74) is 4.56. The van der Waals surface area contributed by atoms with Gasteiger partial charge in [-0.3, -0.25) is 14.8 Å². The van der Waals surface area contributed by atoms with Gasteiger partial charge >= 0.3 is 0 Å². The molecular weight excluding hydrogens is 324 g/mol. The van der Waals surface area contributed by atoms with Crippen molar-refractivity contribution in [2.24, 2.45) is 0 Å². The summed E-state index contributed by atoms with van der Waals surface area (Å²) in [5, 5.41) is 9.17. The Kier molecular flexibility index (Phi) is 4.90. The third-order valence-electron chi connectivity index (χ3n) is 3.76. The zero-order chi connectivity index (χ0) is 16.9. The first-order valence-corrected chi connectivity index (χ1v) is 8.45. The second-order valence-corrected chi connectivity index (χ2v) is 6.02. The van der Waals surface area contributed by atoms with Crippen molar-refractivity contribution in [3.05, 3.63) is 46.9 Å². The van der Waals surface area contributed by atoms with Crippen molar-refractivity contribution in [1.29, 1.82) is 0 Å². The number of aromatic amines is 1. The number of carbonyl (C=O) groups excluding carboxylic acids is 1. The lowest BCUT2D eigenvalue weighted by Crippen LogP contribution is -2.26. The van der Waals surface area contributed by atoms with E-state index >= 15 is 0 Å². The highest BCUT2D eigenvalue weighted by Crippen LogP contribution is 2.24. The average molecular weight is 342 g/mol. The number of H-pyrrole nitrogens is 1. The molecule has 0 bridgehead atoms. The molecule has 0 atom stereocenters. The maximum absolute atomic E-state index is 12.3. The second kappa shape index (κ2) is 7.27.